The standard InChI is InChI=1S/C20H25NO2/c1-16-7-5-8-17(15-16)12-13-20(23)21-19(11-6-14-22)18-9-3-2-4-10-18/h2-5,7-10,15,19,22H,6,11-14H2,1H3,(H,21,23). The van der Waals surface area contributed by atoms with Crippen molar-refractivity contribution in [3.63, 3.8) is 0 Å². The van der Waals surface area contributed by atoms with Crippen LogP contribution in [0.3, 0.4) is 0 Å². The van der Waals surface area contributed by atoms with Gasteiger partial charge in [0.1, 0.15) is 0 Å². The molecule has 0 saturated carbocycles. The van der Waals surface area contributed by atoms with E-state index in [9.17, 15) is 4.79 Å². The fourth-order valence-electron chi connectivity index (χ4n) is 2.69. The molecule has 2 N–H and O–H groups in total. The molecule has 0 aromatic heterocycles. The lowest BCUT2D eigenvalue weighted by molar-refractivity contribution is -0.121. The minimum atomic E-state index is -0.0339. The Labute approximate surface area is 138 Å². The molecule has 122 valence electrons. The van der Waals surface area contributed by atoms with Gasteiger partial charge in [0.2, 0.25) is 5.91 Å². The SMILES string of the molecule is Cc1cccc(CCC(=O)NC(CCCO)c2ccccc2)c1. The smallest absolute Gasteiger partial charge is 0.220 e. The van der Waals surface area contributed by atoms with E-state index in [0.717, 1.165) is 18.4 Å². The van der Waals surface area contributed by atoms with Gasteiger partial charge in [-0.3, -0.25) is 4.79 Å². The second-order valence-electron chi connectivity index (χ2n) is 5.89. The summed E-state index contributed by atoms with van der Waals surface area (Å²) in [5.74, 6) is 0.0540. The number of aliphatic hydroxyl groups is 1. The molecule has 0 saturated heterocycles. The number of aliphatic hydroxyl groups excluding tert-OH is 1. The van der Waals surface area contributed by atoms with Crippen LogP contribution in [0.5, 0.6) is 0 Å². The zero-order valence-electron chi connectivity index (χ0n) is 13.7. The van der Waals surface area contributed by atoms with Crippen LogP contribution >= 0.6 is 0 Å². The minimum Gasteiger partial charge on any atom is -0.396 e. The van der Waals surface area contributed by atoms with E-state index in [1.807, 2.05) is 36.4 Å². The van der Waals surface area contributed by atoms with Crippen LogP contribution in [0, 0.1) is 6.92 Å². The number of amides is 1. The van der Waals surface area contributed by atoms with Crippen molar-refractivity contribution in [1.82, 2.24) is 5.32 Å². The van der Waals surface area contributed by atoms with Gasteiger partial charge in [-0.2, -0.15) is 0 Å². The topological polar surface area (TPSA) is 49.3 Å². The average Bonchev–Trinajstić information content (AvgIpc) is 2.57. The third-order valence-corrected chi connectivity index (χ3v) is 3.91. The Kier molecular flexibility index (Phi) is 6.82. The largest absolute Gasteiger partial charge is 0.396 e. The third-order valence-electron chi connectivity index (χ3n) is 3.91. The maximum Gasteiger partial charge on any atom is 0.220 e. The highest BCUT2D eigenvalue weighted by atomic mass is 16.3. The predicted molar refractivity (Wildman–Crippen MR) is 93.1 cm³/mol. The molecule has 2 rings (SSSR count). The Hall–Kier alpha value is -2.13. The quantitative estimate of drug-likeness (QED) is 0.783. The molecule has 0 aliphatic heterocycles. The average molecular weight is 311 g/mol. The van der Waals surface area contributed by atoms with Crippen molar-refractivity contribution in [2.24, 2.45) is 0 Å². The molecule has 0 fully saturated rings. The highest BCUT2D eigenvalue weighted by Gasteiger charge is 2.14. The van der Waals surface area contributed by atoms with Crippen LogP contribution in [0.1, 0.15) is 42.0 Å². The van der Waals surface area contributed by atoms with Crippen LogP contribution in [0.4, 0.5) is 0 Å². The molecule has 1 unspecified atom stereocenters. The molecule has 23 heavy (non-hydrogen) atoms. The van der Waals surface area contributed by atoms with Crippen molar-refractivity contribution < 1.29 is 9.90 Å². The summed E-state index contributed by atoms with van der Waals surface area (Å²) >= 11 is 0. The first kappa shape index (κ1) is 17.2. The van der Waals surface area contributed by atoms with Crippen molar-refractivity contribution in [2.45, 2.75) is 38.6 Å². The molecule has 3 nitrogen and oxygen atoms in total. The van der Waals surface area contributed by atoms with E-state index in [0.29, 0.717) is 12.8 Å². The highest BCUT2D eigenvalue weighted by molar-refractivity contribution is 5.76. The van der Waals surface area contributed by atoms with Crippen LogP contribution in [-0.4, -0.2) is 17.6 Å². The van der Waals surface area contributed by atoms with Gasteiger partial charge in [0.25, 0.3) is 0 Å². The van der Waals surface area contributed by atoms with E-state index in [1.54, 1.807) is 0 Å². The van der Waals surface area contributed by atoms with Gasteiger partial charge in [0.05, 0.1) is 6.04 Å². The van der Waals surface area contributed by atoms with Crippen LogP contribution < -0.4 is 5.32 Å². The lowest BCUT2D eigenvalue weighted by Crippen LogP contribution is -2.29. The van der Waals surface area contributed by atoms with E-state index < -0.39 is 0 Å². The van der Waals surface area contributed by atoms with E-state index >= 15 is 0 Å². The number of nitrogens with one attached hydrogen (secondary N) is 1. The Morgan fingerprint density at radius 2 is 1.91 bits per heavy atom. The van der Waals surface area contributed by atoms with Gasteiger partial charge in [-0.25, -0.2) is 0 Å². The van der Waals surface area contributed by atoms with Gasteiger partial charge in [-0.1, -0.05) is 60.2 Å². The summed E-state index contributed by atoms with van der Waals surface area (Å²) in [6.45, 7) is 2.20. The lowest BCUT2D eigenvalue weighted by atomic mass is 10.0. The van der Waals surface area contributed by atoms with Crippen molar-refractivity contribution in [1.29, 1.82) is 0 Å². The first-order valence-electron chi connectivity index (χ1n) is 8.20. The second kappa shape index (κ2) is 9.11. The first-order chi connectivity index (χ1) is 11.2. The summed E-state index contributed by atoms with van der Waals surface area (Å²) in [5.41, 5.74) is 3.49. The summed E-state index contributed by atoms with van der Waals surface area (Å²) < 4.78 is 0. The Morgan fingerprint density at radius 1 is 1.13 bits per heavy atom. The number of hydrogen-bond acceptors (Lipinski definition) is 2. The maximum absolute atomic E-state index is 12.3. The third kappa shape index (κ3) is 5.87. The summed E-state index contributed by atoms with van der Waals surface area (Å²) in [6, 6.07) is 18.2. The minimum absolute atomic E-state index is 0.0339. The van der Waals surface area contributed by atoms with Crippen molar-refractivity contribution in [3.05, 3.63) is 71.3 Å². The van der Waals surface area contributed by atoms with Crippen LogP contribution in [-0.2, 0) is 11.2 Å². The monoisotopic (exact) mass is 311 g/mol. The van der Waals surface area contributed by atoms with Crippen LogP contribution in [0.2, 0.25) is 0 Å². The van der Waals surface area contributed by atoms with E-state index in [4.69, 9.17) is 5.11 Å². The zero-order valence-corrected chi connectivity index (χ0v) is 13.7. The number of rotatable bonds is 8. The summed E-state index contributed by atoms with van der Waals surface area (Å²) in [5, 5.41) is 12.2. The maximum atomic E-state index is 12.3. The van der Waals surface area contributed by atoms with E-state index in [2.05, 4.69) is 30.4 Å². The van der Waals surface area contributed by atoms with Crippen LogP contribution in [0.15, 0.2) is 54.6 Å². The molecule has 0 radical (unpaired) electrons. The lowest BCUT2D eigenvalue weighted by Gasteiger charge is -2.19. The predicted octanol–water partition coefficient (Wildman–Crippen LogP) is 3.56. The number of carbonyl (C=O) groups is 1. The number of aryl methyl sites for hydroxylation is 2. The van der Waals surface area contributed by atoms with Gasteiger partial charge in [-0.15, -0.1) is 0 Å². The van der Waals surface area contributed by atoms with Crippen LogP contribution in [0.25, 0.3) is 0 Å². The molecule has 0 heterocycles. The summed E-state index contributed by atoms with van der Waals surface area (Å²) in [7, 11) is 0. The first-order valence-corrected chi connectivity index (χ1v) is 8.20. The number of benzene rings is 2. The van der Waals surface area contributed by atoms with Gasteiger partial charge in [0, 0.05) is 13.0 Å². The van der Waals surface area contributed by atoms with Gasteiger partial charge >= 0.3 is 0 Å². The normalized spacial score (nSPS) is 11.9. The molecule has 2 aromatic carbocycles. The number of hydrogen-bond donors (Lipinski definition) is 2. The fraction of sp³-hybridized carbons (Fsp3) is 0.350. The number of carbonyl (C=O) groups excluding carboxylic acids is 1. The fourth-order valence-corrected chi connectivity index (χ4v) is 2.69. The molecule has 1 atom stereocenters. The van der Waals surface area contributed by atoms with Crippen molar-refractivity contribution >= 4 is 5.91 Å². The molecule has 0 aliphatic carbocycles. The Bertz CT molecular complexity index is 610. The van der Waals surface area contributed by atoms with Crippen molar-refractivity contribution in [3.8, 4) is 0 Å². The molecule has 1 amide bonds. The molecular formula is C20H25NO2. The second-order valence-corrected chi connectivity index (χ2v) is 5.89. The van der Waals surface area contributed by atoms with E-state index in [1.165, 1.54) is 11.1 Å². The van der Waals surface area contributed by atoms with E-state index in [-0.39, 0.29) is 18.6 Å². The molecule has 3 heteroatoms. The molecule has 0 aliphatic rings. The van der Waals surface area contributed by atoms with Gasteiger partial charge in [0.15, 0.2) is 0 Å². The summed E-state index contributed by atoms with van der Waals surface area (Å²) in [4.78, 5) is 12.3. The molecule has 2 aromatic rings. The Balaban J connectivity index is 1.92. The summed E-state index contributed by atoms with van der Waals surface area (Å²) in [6.07, 6.45) is 2.65. The highest BCUT2D eigenvalue weighted by Crippen LogP contribution is 2.18. The Morgan fingerprint density at radius 3 is 2.61 bits per heavy atom. The molecule has 0 bridgehead atoms. The van der Waals surface area contributed by atoms with Gasteiger partial charge in [-0.05, 0) is 37.3 Å². The zero-order chi connectivity index (χ0) is 16.5. The molecule has 0 spiro atoms. The molecular weight excluding hydrogens is 286 g/mol. The van der Waals surface area contributed by atoms with Gasteiger partial charge < -0.3 is 10.4 Å². The van der Waals surface area contributed by atoms with Crippen molar-refractivity contribution in [2.75, 3.05) is 6.61 Å².